The number of ether oxygens (including phenoxy) is 2. The van der Waals surface area contributed by atoms with Crippen LogP contribution in [0.25, 0.3) is 16.9 Å². The second kappa shape index (κ2) is 10.2. The summed E-state index contributed by atoms with van der Waals surface area (Å²) in [6, 6.07) is 1.50. The fourth-order valence-corrected chi connectivity index (χ4v) is 5.95. The van der Waals surface area contributed by atoms with Crippen molar-refractivity contribution >= 4 is 5.91 Å². The van der Waals surface area contributed by atoms with Gasteiger partial charge in [0.15, 0.2) is 5.82 Å². The number of methoxy groups -OCH3 is 1. The zero-order chi connectivity index (χ0) is 26.2. The molecule has 9 nitrogen and oxygen atoms in total. The average molecular weight is 511 g/mol. The third-order valence-electron chi connectivity index (χ3n) is 7.95. The lowest BCUT2D eigenvalue weighted by atomic mass is 9.75. The van der Waals surface area contributed by atoms with Crippen LogP contribution in [0.2, 0.25) is 0 Å². The van der Waals surface area contributed by atoms with Crippen LogP contribution in [0.15, 0.2) is 24.7 Å². The van der Waals surface area contributed by atoms with Crippen molar-refractivity contribution in [2.75, 3.05) is 33.9 Å². The van der Waals surface area contributed by atoms with Crippen LogP contribution in [0.1, 0.15) is 56.8 Å². The highest BCUT2D eigenvalue weighted by atomic mass is 19.1. The normalized spacial score (nSPS) is 20.7. The number of carbonyl (C=O) groups excluding carboxylic acids is 1. The number of nitrogens with zero attached hydrogens (tertiary/aromatic N) is 6. The smallest absolute Gasteiger partial charge is 0.250 e. The molecular weight excluding hydrogens is 475 g/mol. The molecule has 37 heavy (non-hydrogen) atoms. The summed E-state index contributed by atoms with van der Waals surface area (Å²) in [5.74, 6) is -0.388. The Hall–Kier alpha value is -3.27. The molecule has 198 valence electrons. The molecule has 10 heteroatoms. The maximum atomic E-state index is 14.5. The van der Waals surface area contributed by atoms with Crippen molar-refractivity contribution in [1.29, 1.82) is 0 Å². The molecule has 0 bridgehead atoms. The van der Waals surface area contributed by atoms with E-state index in [0.29, 0.717) is 38.2 Å². The minimum atomic E-state index is -0.535. The Morgan fingerprint density at radius 2 is 2.05 bits per heavy atom. The number of rotatable bonds is 8. The van der Waals surface area contributed by atoms with E-state index in [1.807, 2.05) is 22.8 Å². The fourth-order valence-electron chi connectivity index (χ4n) is 5.95. The summed E-state index contributed by atoms with van der Waals surface area (Å²) >= 11 is 0. The van der Waals surface area contributed by atoms with Gasteiger partial charge < -0.3 is 14.4 Å². The number of likely N-dealkylation sites (tertiary alicyclic amines) is 1. The molecule has 0 radical (unpaired) electrons. The van der Waals surface area contributed by atoms with E-state index in [0.717, 1.165) is 48.3 Å². The van der Waals surface area contributed by atoms with E-state index in [4.69, 9.17) is 19.7 Å². The zero-order valence-electron chi connectivity index (χ0n) is 22.0. The summed E-state index contributed by atoms with van der Waals surface area (Å²) < 4.78 is 29.1. The van der Waals surface area contributed by atoms with Gasteiger partial charge in [-0.1, -0.05) is 20.3 Å². The lowest BCUT2D eigenvalue weighted by Gasteiger charge is -2.36. The van der Waals surface area contributed by atoms with Crippen LogP contribution in [0.4, 0.5) is 4.39 Å². The molecule has 1 saturated heterocycles. The van der Waals surface area contributed by atoms with Crippen LogP contribution < -0.4 is 4.74 Å². The van der Waals surface area contributed by atoms with Crippen molar-refractivity contribution < 1.29 is 18.7 Å². The molecule has 1 amide bonds. The molecule has 5 heterocycles. The second-order valence-corrected chi connectivity index (χ2v) is 10.1. The van der Waals surface area contributed by atoms with Gasteiger partial charge in [-0.15, -0.1) is 0 Å². The largest absolute Gasteiger partial charge is 0.479 e. The molecule has 0 N–H and O–H groups in total. The highest BCUT2D eigenvalue weighted by Crippen LogP contribution is 2.46. The lowest BCUT2D eigenvalue weighted by molar-refractivity contribution is -0.126. The Morgan fingerprint density at radius 1 is 1.24 bits per heavy atom. The van der Waals surface area contributed by atoms with Crippen molar-refractivity contribution in [3.05, 3.63) is 41.7 Å². The van der Waals surface area contributed by atoms with E-state index in [1.165, 1.54) is 13.2 Å². The number of hydrogen-bond acceptors (Lipinski definition) is 6. The highest BCUT2D eigenvalue weighted by Gasteiger charge is 2.47. The molecule has 3 aromatic heterocycles. The summed E-state index contributed by atoms with van der Waals surface area (Å²) in [5.41, 5.74) is 4.19. The SMILES string of the molecule is CCCC(n1cc(-c2nn(-c3cnc(OC)c(F)c3)c3c2CCOCC3)cn1)C1(CC)CC(=O)N(C)C1. The quantitative estimate of drug-likeness (QED) is 0.455. The van der Waals surface area contributed by atoms with Gasteiger partial charge in [0.05, 0.1) is 55.8 Å². The van der Waals surface area contributed by atoms with Crippen LogP contribution in [0.3, 0.4) is 0 Å². The zero-order valence-corrected chi connectivity index (χ0v) is 22.0. The summed E-state index contributed by atoms with van der Waals surface area (Å²) in [6.07, 6.45) is 10.2. The number of amides is 1. The molecular formula is C27H35FN6O3. The van der Waals surface area contributed by atoms with Gasteiger partial charge >= 0.3 is 0 Å². The Morgan fingerprint density at radius 3 is 2.73 bits per heavy atom. The van der Waals surface area contributed by atoms with Crippen molar-refractivity contribution in [2.24, 2.45) is 5.41 Å². The Balaban J connectivity index is 1.56. The molecule has 2 aliphatic heterocycles. The van der Waals surface area contributed by atoms with E-state index < -0.39 is 5.82 Å². The highest BCUT2D eigenvalue weighted by molar-refractivity contribution is 5.79. The van der Waals surface area contributed by atoms with Gasteiger partial charge in [0.25, 0.3) is 0 Å². The number of fused-ring (bicyclic) bond motifs is 1. The molecule has 0 aliphatic carbocycles. The van der Waals surface area contributed by atoms with Gasteiger partial charge in [-0.25, -0.2) is 14.1 Å². The third-order valence-corrected chi connectivity index (χ3v) is 7.95. The number of hydrogen-bond donors (Lipinski definition) is 0. The van der Waals surface area contributed by atoms with Gasteiger partial charge in [0, 0.05) is 55.2 Å². The van der Waals surface area contributed by atoms with E-state index in [1.54, 1.807) is 10.9 Å². The first-order chi connectivity index (χ1) is 17.9. The first kappa shape index (κ1) is 25.4. The van der Waals surface area contributed by atoms with Crippen molar-refractivity contribution in [3.63, 3.8) is 0 Å². The average Bonchev–Trinajstić information content (AvgIpc) is 3.53. The molecule has 2 unspecified atom stereocenters. The minimum Gasteiger partial charge on any atom is -0.479 e. The maximum absolute atomic E-state index is 14.5. The van der Waals surface area contributed by atoms with E-state index in [-0.39, 0.29) is 23.2 Å². The molecule has 0 saturated carbocycles. The predicted molar refractivity (Wildman–Crippen MR) is 136 cm³/mol. The van der Waals surface area contributed by atoms with E-state index >= 15 is 0 Å². The summed E-state index contributed by atoms with van der Waals surface area (Å²) in [4.78, 5) is 18.5. The Kier molecular flexibility index (Phi) is 7.02. The molecule has 2 atom stereocenters. The maximum Gasteiger partial charge on any atom is 0.250 e. The molecule has 1 fully saturated rings. The first-order valence-corrected chi connectivity index (χ1v) is 13.1. The van der Waals surface area contributed by atoms with Crippen LogP contribution in [-0.4, -0.2) is 69.3 Å². The third kappa shape index (κ3) is 4.52. The van der Waals surface area contributed by atoms with Crippen LogP contribution in [-0.2, 0) is 22.4 Å². The van der Waals surface area contributed by atoms with Crippen LogP contribution in [0, 0.1) is 11.2 Å². The molecule has 3 aromatic rings. The second-order valence-electron chi connectivity index (χ2n) is 10.1. The van der Waals surface area contributed by atoms with E-state index in [2.05, 4.69) is 25.0 Å². The monoisotopic (exact) mass is 510 g/mol. The van der Waals surface area contributed by atoms with Crippen LogP contribution in [0.5, 0.6) is 5.88 Å². The van der Waals surface area contributed by atoms with Gasteiger partial charge in [-0.2, -0.15) is 10.2 Å². The summed E-state index contributed by atoms with van der Waals surface area (Å²) in [5, 5.41) is 9.75. The Labute approximate surface area is 216 Å². The molecule has 2 aliphatic rings. The fraction of sp³-hybridized carbons (Fsp3) is 0.556. The number of pyridine rings is 1. The van der Waals surface area contributed by atoms with Crippen LogP contribution >= 0.6 is 0 Å². The van der Waals surface area contributed by atoms with Gasteiger partial charge in [-0.05, 0) is 19.3 Å². The Bertz CT molecular complexity index is 1290. The van der Waals surface area contributed by atoms with Crippen molar-refractivity contribution in [3.8, 4) is 22.8 Å². The standard InChI is InChI=1S/C27H35FN6O3/c1-5-7-23(27(6-2)13-24(35)32(3)17-27)33-16-18(14-30-33)25-20-8-10-37-11-9-22(20)34(31-25)19-12-21(28)26(36-4)29-15-19/h12,14-16,23H,5-11,13,17H2,1-4H3. The topological polar surface area (TPSA) is 87.3 Å². The van der Waals surface area contributed by atoms with Gasteiger partial charge in [0.1, 0.15) is 0 Å². The molecule has 0 spiro atoms. The molecule has 0 aromatic carbocycles. The van der Waals surface area contributed by atoms with E-state index in [9.17, 15) is 9.18 Å². The number of carbonyl (C=O) groups is 1. The summed E-state index contributed by atoms with van der Waals surface area (Å²) in [7, 11) is 3.28. The number of aromatic nitrogens is 5. The first-order valence-electron chi connectivity index (χ1n) is 13.1. The summed E-state index contributed by atoms with van der Waals surface area (Å²) in [6.45, 7) is 6.25. The van der Waals surface area contributed by atoms with Crippen molar-refractivity contribution in [2.45, 2.75) is 58.4 Å². The van der Waals surface area contributed by atoms with Crippen molar-refractivity contribution in [1.82, 2.24) is 29.4 Å². The molecule has 5 rings (SSSR count). The number of halogens is 1. The van der Waals surface area contributed by atoms with Gasteiger partial charge in [0.2, 0.25) is 11.8 Å². The predicted octanol–water partition coefficient (Wildman–Crippen LogP) is 3.99. The minimum absolute atomic E-state index is 0.0466. The lowest BCUT2D eigenvalue weighted by Crippen LogP contribution is -2.35. The van der Waals surface area contributed by atoms with Gasteiger partial charge in [-0.3, -0.25) is 9.48 Å².